The van der Waals surface area contributed by atoms with E-state index in [0.29, 0.717) is 30.6 Å². The molecular weight excluding hydrogens is 386 g/mol. The third kappa shape index (κ3) is 3.63. The summed E-state index contributed by atoms with van der Waals surface area (Å²) < 4.78 is 28.2. The molecule has 3 aromatic rings. The Morgan fingerprint density at radius 2 is 1.90 bits per heavy atom. The summed E-state index contributed by atoms with van der Waals surface area (Å²) in [4.78, 5) is 17.3. The Balaban J connectivity index is 1.64. The van der Waals surface area contributed by atoms with Crippen molar-refractivity contribution in [2.24, 2.45) is 0 Å². The van der Waals surface area contributed by atoms with Crippen molar-refractivity contribution < 1.29 is 13.2 Å². The molecule has 2 aromatic carbocycles. The van der Waals surface area contributed by atoms with Crippen LogP contribution in [0.1, 0.15) is 24.0 Å². The van der Waals surface area contributed by atoms with Gasteiger partial charge in [0, 0.05) is 23.8 Å². The summed E-state index contributed by atoms with van der Waals surface area (Å²) in [6, 6.07) is 13.6. The number of hydrogen-bond donors (Lipinski definition) is 1. The van der Waals surface area contributed by atoms with Crippen LogP contribution in [0.2, 0.25) is 0 Å². The monoisotopic (exact) mass is 409 g/mol. The lowest BCUT2D eigenvalue weighted by Crippen LogP contribution is -2.43. The van der Waals surface area contributed by atoms with E-state index in [-0.39, 0.29) is 10.8 Å². The van der Waals surface area contributed by atoms with Crippen molar-refractivity contribution >= 4 is 32.5 Å². The number of aryl methyl sites for hydroxylation is 2. The molecule has 0 bridgehead atoms. The molecule has 1 unspecified atom stereocenters. The molecule has 1 amide bonds. The maximum atomic E-state index is 13.4. The summed E-state index contributed by atoms with van der Waals surface area (Å²) >= 11 is 0. The Hall–Kier alpha value is -2.77. The molecule has 0 saturated carbocycles. The van der Waals surface area contributed by atoms with E-state index >= 15 is 0 Å². The molecule has 29 heavy (non-hydrogen) atoms. The molecule has 1 aromatic heterocycles. The van der Waals surface area contributed by atoms with Gasteiger partial charge in [-0.1, -0.05) is 24.3 Å². The summed E-state index contributed by atoms with van der Waals surface area (Å²) in [5, 5.41) is 3.64. The molecule has 1 fully saturated rings. The average molecular weight is 410 g/mol. The van der Waals surface area contributed by atoms with Crippen LogP contribution in [0.25, 0.3) is 10.9 Å². The van der Waals surface area contributed by atoms with Crippen molar-refractivity contribution in [2.45, 2.75) is 37.6 Å². The van der Waals surface area contributed by atoms with E-state index in [0.717, 1.165) is 16.5 Å². The maximum Gasteiger partial charge on any atom is 0.245 e. The Kier molecular flexibility index (Phi) is 5.10. The van der Waals surface area contributed by atoms with Gasteiger partial charge >= 0.3 is 0 Å². The van der Waals surface area contributed by atoms with Crippen molar-refractivity contribution in [3.05, 3.63) is 65.9 Å². The largest absolute Gasteiger partial charge is 0.325 e. The van der Waals surface area contributed by atoms with Crippen LogP contribution in [-0.4, -0.2) is 36.2 Å². The Bertz CT molecular complexity index is 1190. The van der Waals surface area contributed by atoms with E-state index in [2.05, 4.69) is 10.3 Å². The summed E-state index contributed by atoms with van der Waals surface area (Å²) in [6.07, 6.45) is 2.71. The average Bonchev–Trinajstić information content (AvgIpc) is 3.21. The number of rotatable bonds is 4. The minimum atomic E-state index is -3.86. The summed E-state index contributed by atoms with van der Waals surface area (Å²) in [5.74, 6) is -0.303. The van der Waals surface area contributed by atoms with Gasteiger partial charge < -0.3 is 5.32 Å². The van der Waals surface area contributed by atoms with Gasteiger partial charge in [-0.15, -0.1) is 0 Å². The molecule has 0 aliphatic carbocycles. The Morgan fingerprint density at radius 1 is 1.10 bits per heavy atom. The number of benzene rings is 2. The molecule has 1 saturated heterocycles. The first-order valence-electron chi connectivity index (χ1n) is 9.61. The van der Waals surface area contributed by atoms with Gasteiger partial charge in [0.1, 0.15) is 10.9 Å². The zero-order chi connectivity index (χ0) is 20.6. The lowest BCUT2D eigenvalue weighted by atomic mass is 10.1. The number of amides is 1. The first-order valence-corrected chi connectivity index (χ1v) is 11.1. The van der Waals surface area contributed by atoms with Crippen LogP contribution in [0, 0.1) is 13.8 Å². The van der Waals surface area contributed by atoms with Crippen molar-refractivity contribution in [3.8, 4) is 0 Å². The number of hydrogen-bond acceptors (Lipinski definition) is 4. The summed E-state index contributed by atoms with van der Waals surface area (Å²) in [6.45, 7) is 4.30. The zero-order valence-electron chi connectivity index (χ0n) is 16.4. The van der Waals surface area contributed by atoms with Crippen LogP contribution < -0.4 is 5.32 Å². The minimum Gasteiger partial charge on any atom is -0.325 e. The molecule has 1 aliphatic heterocycles. The van der Waals surface area contributed by atoms with Gasteiger partial charge in [-0.25, -0.2) is 8.42 Å². The molecule has 0 radical (unpaired) electrons. The normalized spacial score (nSPS) is 17.5. The van der Waals surface area contributed by atoms with Gasteiger partial charge in [0.05, 0.1) is 5.52 Å². The third-order valence-electron chi connectivity index (χ3n) is 5.46. The third-order valence-corrected chi connectivity index (χ3v) is 7.40. The summed E-state index contributed by atoms with van der Waals surface area (Å²) in [7, 11) is -3.86. The van der Waals surface area contributed by atoms with Gasteiger partial charge in [0.15, 0.2) is 0 Å². The fourth-order valence-corrected chi connectivity index (χ4v) is 5.57. The van der Waals surface area contributed by atoms with E-state index < -0.39 is 16.1 Å². The molecule has 7 heteroatoms. The van der Waals surface area contributed by atoms with Crippen LogP contribution in [0.4, 0.5) is 5.69 Å². The minimum absolute atomic E-state index is 0.140. The highest BCUT2D eigenvalue weighted by molar-refractivity contribution is 7.89. The number of sulfonamides is 1. The molecule has 1 atom stereocenters. The molecule has 150 valence electrons. The lowest BCUT2D eigenvalue weighted by Gasteiger charge is -2.24. The fourth-order valence-electron chi connectivity index (χ4n) is 3.75. The van der Waals surface area contributed by atoms with Crippen LogP contribution in [0.5, 0.6) is 0 Å². The second-order valence-electron chi connectivity index (χ2n) is 7.39. The highest BCUT2D eigenvalue weighted by atomic mass is 32.2. The number of anilines is 1. The van der Waals surface area contributed by atoms with E-state index in [1.165, 1.54) is 4.31 Å². The quantitative estimate of drug-likeness (QED) is 0.713. The van der Waals surface area contributed by atoms with Crippen molar-refractivity contribution in [2.75, 3.05) is 11.9 Å². The number of fused-ring (bicyclic) bond motifs is 1. The lowest BCUT2D eigenvalue weighted by molar-refractivity contribution is -0.119. The number of carbonyl (C=O) groups excluding carboxylic acids is 1. The van der Waals surface area contributed by atoms with E-state index in [1.807, 2.05) is 44.2 Å². The second kappa shape index (κ2) is 7.57. The molecule has 6 nitrogen and oxygen atoms in total. The van der Waals surface area contributed by atoms with Crippen LogP contribution in [0.3, 0.4) is 0 Å². The first kappa shape index (κ1) is 19.5. The first-order chi connectivity index (χ1) is 13.9. The SMILES string of the molecule is Cc1ccc(NC(=O)C2CCCN2S(=O)(=O)c2cccc3cccnc23)cc1C. The van der Waals surface area contributed by atoms with Crippen molar-refractivity contribution in [3.63, 3.8) is 0 Å². The molecule has 1 aliphatic rings. The number of aromatic nitrogens is 1. The predicted molar refractivity (Wildman–Crippen MR) is 113 cm³/mol. The van der Waals surface area contributed by atoms with Crippen molar-refractivity contribution in [1.82, 2.24) is 9.29 Å². The number of pyridine rings is 1. The van der Waals surface area contributed by atoms with Gasteiger partial charge in [-0.3, -0.25) is 9.78 Å². The van der Waals surface area contributed by atoms with Gasteiger partial charge in [0.2, 0.25) is 15.9 Å². The van der Waals surface area contributed by atoms with Crippen LogP contribution >= 0.6 is 0 Å². The maximum absolute atomic E-state index is 13.4. The number of carbonyl (C=O) groups is 1. The highest BCUT2D eigenvalue weighted by Crippen LogP contribution is 2.30. The van der Waals surface area contributed by atoms with E-state index in [4.69, 9.17) is 0 Å². The smallest absolute Gasteiger partial charge is 0.245 e. The predicted octanol–water partition coefficient (Wildman–Crippen LogP) is 3.64. The molecule has 0 spiro atoms. The molecule has 4 rings (SSSR count). The van der Waals surface area contributed by atoms with Crippen LogP contribution in [0.15, 0.2) is 59.6 Å². The zero-order valence-corrected chi connectivity index (χ0v) is 17.2. The van der Waals surface area contributed by atoms with Gasteiger partial charge in [0.25, 0.3) is 0 Å². The number of nitrogens with one attached hydrogen (secondary N) is 1. The Morgan fingerprint density at radius 3 is 2.69 bits per heavy atom. The Labute approximate surface area is 170 Å². The van der Waals surface area contributed by atoms with E-state index in [9.17, 15) is 13.2 Å². The molecular formula is C22H23N3O3S. The number of para-hydroxylation sites is 1. The molecule has 2 heterocycles. The van der Waals surface area contributed by atoms with Crippen molar-refractivity contribution in [1.29, 1.82) is 0 Å². The second-order valence-corrected chi connectivity index (χ2v) is 9.25. The number of nitrogens with zero attached hydrogens (tertiary/aromatic N) is 2. The highest BCUT2D eigenvalue weighted by Gasteiger charge is 2.40. The van der Waals surface area contributed by atoms with Gasteiger partial charge in [-0.2, -0.15) is 4.31 Å². The van der Waals surface area contributed by atoms with Crippen LogP contribution in [-0.2, 0) is 14.8 Å². The van der Waals surface area contributed by atoms with E-state index in [1.54, 1.807) is 24.4 Å². The standard InChI is InChI=1S/C22H23N3O3S/c1-15-10-11-18(14-16(15)2)24-22(26)19-8-5-13-25(19)29(27,28)20-9-3-6-17-7-4-12-23-21(17)20/h3-4,6-7,9-12,14,19H,5,8,13H2,1-2H3,(H,24,26). The fraction of sp³-hybridized carbons (Fsp3) is 0.273. The topological polar surface area (TPSA) is 79.4 Å². The molecule has 1 N–H and O–H groups in total. The van der Waals surface area contributed by atoms with Gasteiger partial charge in [-0.05, 0) is 62.1 Å². The summed E-state index contributed by atoms with van der Waals surface area (Å²) in [5.41, 5.74) is 3.31.